The average Bonchev–Trinajstić information content (AvgIpc) is 2.08. The molecule has 3 N–H and O–H groups in total. The molecule has 3 heteroatoms. The Kier molecular flexibility index (Phi) is 2.45. The molecule has 64 valence electrons. The number of phenolic OH excluding ortho intramolecular Hbond substituents is 1. The number of hydrogen-bond acceptors (Lipinski definition) is 3. The van der Waals surface area contributed by atoms with Crippen molar-refractivity contribution in [1.82, 2.24) is 0 Å². The Bertz CT molecular complexity index is 308. The van der Waals surface area contributed by atoms with Crippen LogP contribution in [0.3, 0.4) is 0 Å². The maximum absolute atomic E-state index is 10.4. The van der Waals surface area contributed by atoms with Crippen LogP contribution < -0.4 is 5.73 Å². The Balaban J connectivity index is 3.31. The molecule has 0 saturated carbocycles. The zero-order valence-electron chi connectivity index (χ0n) is 6.87. The number of aldehydes is 1. The van der Waals surface area contributed by atoms with Crippen molar-refractivity contribution in [3.8, 4) is 5.75 Å². The molecule has 0 bridgehead atoms. The van der Waals surface area contributed by atoms with E-state index in [-0.39, 0.29) is 12.3 Å². The molecular weight excluding hydrogens is 154 g/mol. The van der Waals surface area contributed by atoms with Crippen molar-refractivity contribution in [2.45, 2.75) is 13.5 Å². The summed E-state index contributed by atoms with van der Waals surface area (Å²) in [6.45, 7) is 2.10. The van der Waals surface area contributed by atoms with Gasteiger partial charge in [0.15, 0.2) is 6.29 Å². The molecular formula is C9H11NO2. The highest BCUT2D eigenvalue weighted by Gasteiger charge is 2.05. The lowest BCUT2D eigenvalue weighted by Gasteiger charge is -2.05. The summed E-state index contributed by atoms with van der Waals surface area (Å²) >= 11 is 0. The minimum absolute atomic E-state index is 0.00176. The molecule has 0 aliphatic heterocycles. The van der Waals surface area contributed by atoms with Gasteiger partial charge >= 0.3 is 0 Å². The van der Waals surface area contributed by atoms with Crippen molar-refractivity contribution < 1.29 is 9.90 Å². The van der Waals surface area contributed by atoms with Crippen LogP contribution in [0, 0.1) is 6.92 Å². The second-order valence-electron chi connectivity index (χ2n) is 2.68. The Morgan fingerprint density at radius 3 is 2.75 bits per heavy atom. The van der Waals surface area contributed by atoms with Crippen LogP contribution in [-0.4, -0.2) is 11.4 Å². The van der Waals surface area contributed by atoms with E-state index in [1.165, 1.54) is 0 Å². The van der Waals surface area contributed by atoms with E-state index in [0.717, 1.165) is 5.56 Å². The molecule has 0 fully saturated rings. The summed E-state index contributed by atoms with van der Waals surface area (Å²) in [6, 6.07) is 3.39. The van der Waals surface area contributed by atoms with Crippen molar-refractivity contribution in [3.63, 3.8) is 0 Å². The van der Waals surface area contributed by atoms with Gasteiger partial charge in [-0.05, 0) is 18.6 Å². The van der Waals surface area contributed by atoms with Crippen LogP contribution >= 0.6 is 0 Å². The fourth-order valence-electron chi connectivity index (χ4n) is 1.13. The van der Waals surface area contributed by atoms with Crippen LogP contribution in [0.1, 0.15) is 21.5 Å². The van der Waals surface area contributed by atoms with Crippen molar-refractivity contribution in [2.75, 3.05) is 0 Å². The predicted octanol–water partition coefficient (Wildman–Crippen LogP) is 0.972. The summed E-state index contributed by atoms with van der Waals surface area (Å²) in [5.41, 5.74) is 7.20. The van der Waals surface area contributed by atoms with E-state index in [9.17, 15) is 9.90 Å². The molecule has 0 atom stereocenters. The number of hydrogen-bond donors (Lipinski definition) is 2. The van der Waals surface area contributed by atoms with Crippen LogP contribution in [0.5, 0.6) is 5.75 Å². The monoisotopic (exact) mass is 165 g/mol. The maximum Gasteiger partial charge on any atom is 0.153 e. The lowest BCUT2D eigenvalue weighted by atomic mass is 10.1. The molecule has 0 aliphatic carbocycles. The van der Waals surface area contributed by atoms with Crippen LogP contribution in [-0.2, 0) is 6.54 Å². The zero-order chi connectivity index (χ0) is 9.14. The second-order valence-corrected chi connectivity index (χ2v) is 2.68. The molecule has 0 aliphatic rings. The molecule has 0 heterocycles. The Hall–Kier alpha value is -1.35. The highest BCUT2D eigenvalue weighted by molar-refractivity contribution is 5.80. The van der Waals surface area contributed by atoms with E-state index in [1.54, 1.807) is 12.1 Å². The predicted molar refractivity (Wildman–Crippen MR) is 46.1 cm³/mol. The SMILES string of the molecule is Cc1cc(C=O)c(O)c(CN)c1. The fraction of sp³-hybridized carbons (Fsp3) is 0.222. The Morgan fingerprint density at radius 2 is 2.25 bits per heavy atom. The topological polar surface area (TPSA) is 63.3 Å². The summed E-state index contributed by atoms with van der Waals surface area (Å²) < 4.78 is 0. The van der Waals surface area contributed by atoms with Crippen LogP contribution in [0.25, 0.3) is 0 Å². The normalized spacial score (nSPS) is 9.83. The first-order valence-corrected chi connectivity index (χ1v) is 3.66. The number of aryl methyl sites for hydroxylation is 1. The molecule has 1 aromatic carbocycles. The van der Waals surface area contributed by atoms with Gasteiger partial charge in [-0.25, -0.2) is 0 Å². The lowest BCUT2D eigenvalue weighted by molar-refractivity contribution is 0.112. The fourth-order valence-corrected chi connectivity index (χ4v) is 1.13. The van der Waals surface area contributed by atoms with Crippen LogP contribution in [0.2, 0.25) is 0 Å². The zero-order valence-corrected chi connectivity index (χ0v) is 6.87. The van der Waals surface area contributed by atoms with Crippen molar-refractivity contribution in [3.05, 3.63) is 28.8 Å². The largest absolute Gasteiger partial charge is 0.507 e. The van der Waals surface area contributed by atoms with Crippen LogP contribution in [0.15, 0.2) is 12.1 Å². The van der Waals surface area contributed by atoms with Gasteiger partial charge in [0.05, 0.1) is 5.56 Å². The van der Waals surface area contributed by atoms with Crippen molar-refractivity contribution in [2.24, 2.45) is 5.73 Å². The third-order valence-corrected chi connectivity index (χ3v) is 1.71. The van der Waals surface area contributed by atoms with Gasteiger partial charge in [0.2, 0.25) is 0 Å². The van der Waals surface area contributed by atoms with Gasteiger partial charge < -0.3 is 10.8 Å². The molecule has 0 aromatic heterocycles. The van der Waals surface area contributed by atoms with E-state index in [4.69, 9.17) is 5.73 Å². The first kappa shape index (κ1) is 8.74. The van der Waals surface area contributed by atoms with E-state index in [2.05, 4.69) is 0 Å². The van der Waals surface area contributed by atoms with Crippen molar-refractivity contribution in [1.29, 1.82) is 0 Å². The number of aromatic hydroxyl groups is 1. The van der Waals surface area contributed by atoms with Crippen molar-refractivity contribution >= 4 is 6.29 Å². The van der Waals surface area contributed by atoms with Gasteiger partial charge in [0, 0.05) is 12.1 Å². The summed E-state index contributed by atoms with van der Waals surface area (Å²) in [5.74, 6) is -0.00176. The van der Waals surface area contributed by atoms with E-state index >= 15 is 0 Å². The number of carbonyl (C=O) groups is 1. The molecule has 0 saturated heterocycles. The number of carbonyl (C=O) groups excluding carboxylic acids is 1. The number of benzene rings is 1. The Morgan fingerprint density at radius 1 is 1.58 bits per heavy atom. The van der Waals surface area contributed by atoms with Gasteiger partial charge in [-0.3, -0.25) is 4.79 Å². The quantitative estimate of drug-likeness (QED) is 0.642. The summed E-state index contributed by atoms with van der Waals surface area (Å²) in [7, 11) is 0. The molecule has 0 amide bonds. The van der Waals surface area contributed by atoms with Gasteiger partial charge in [-0.1, -0.05) is 6.07 Å². The summed E-state index contributed by atoms with van der Waals surface area (Å²) in [4.78, 5) is 10.4. The summed E-state index contributed by atoms with van der Waals surface area (Å²) in [5, 5.41) is 9.40. The number of phenols is 1. The van der Waals surface area contributed by atoms with E-state index in [1.807, 2.05) is 6.92 Å². The average molecular weight is 165 g/mol. The number of nitrogens with two attached hydrogens (primary N) is 1. The Labute approximate surface area is 70.8 Å². The van der Waals surface area contributed by atoms with Gasteiger partial charge in [0.1, 0.15) is 5.75 Å². The van der Waals surface area contributed by atoms with Gasteiger partial charge in [0.25, 0.3) is 0 Å². The summed E-state index contributed by atoms with van der Waals surface area (Å²) in [6.07, 6.45) is 0.626. The molecule has 3 nitrogen and oxygen atoms in total. The smallest absolute Gasteiger partial charge is 0.153 e. The molecule has 1 rings (SSSR count). The minimum Gasteiger partial charge on any atom is -0.507 e. The third kappa shape index (κ3) is 1.46. The first-order chi connectivity index (χ1) is 5.69. The van der Waals surface area contributed by atoms with E-state index in [0.29, 0.717) is 17.4 Å². The first-order valence-electron chi connectivity index (χ1n) is 3.66. The highest BCUT2D eigenvalue weighted by atomic mass is 16.3. The standard InChI is InChI=1S/C9H11NO2/c1-6-2-7(4-10)9(12)8(3-6)5-11/h2-3,5,12H,4,10H2,1H3. The molecule has 0 spiro atoms. The second kappa shape index (κ2) is 3.36. The third-order valence-electron chi connectivity index (χ3n) is 1.71. The van der Waals surface area contributed by atoms with E-state index < -0.39 is 0 Å². The molecule has 12 heavy (non-hydrogen) atoms. The maximum atomic E-state index is 10.4. The molecule has 1 aromatic rings. The van der Waals surface area contributed by atoms with Crippen LogP contribution in [0.4, 0.5) is 0 Å². The number of rotatable bonds is 2. The molecule has 0 unspecified atom stereocenters. The highest BCUT2D eigenvalue weighted by Crippen LogP contribution is 2.22. The lowest BCUT2D eigenvalue weighted by Crippen LogP contribution is -1.99. The van der Waals surface area contributed by atoms with Gasteiger partial charge in [-0.15, -0.1) is 0 Å². The molecule has 0 radical (unpaired) electrons. The van der Waals surface area contributed by atoms with Gasteiger partial charge in [-0.2, -0.15) is 0 Å². The minimum atomic E-state index is -0.00176.